The van der Waals surface area contributed by atoms with Crippen molar-refractivity contribution in [2.45, 2.75) is 26.3 Å². The Morgan fingerprint density at radius 2 is 1.72 bits per heavy atom. The van der Waals surface area contributed by atoms with Gasteiger partial charge in [-0.3, -0.25) is 9.67 Å². The zero-order valence-electron chi connectivity index (χ0n) is 17.9. The zero-order chi connectivity index (χ0) is 21.8. The van der Waals surface area contributed by atoms with Crippen LogP contribution in [-0.2, 0) is 13.0 Å². The van der Waals surface area contributed by atoms with Crippen molar-refractivity contribution in [3.63, 3.8) is 0 Å². The van der Waals surface area contributed by atoms with Crippen LogP contribution in [0.1, 0.15) is 24.5 Å². The fraction of sp³-hybridized carbons (Fsp3) is 0.154. The number of benzene rings is 2. The highest BCUT2D eigenvalue weighted by Crippen LogP contribution is 2.29. The van der Waals surface area contributed by atoms with Gasteiger partial charge in [0.1, 0.15) is 17.8 Å². The molecule has 0 saturated heterocycles. The fourth-order valence-corrected chi connectivity index (χ4v) is 3.86. The third kappa shape index (κ3) is 4.21. The van der Waals surface area contributed by atoms with Gasteiger partial charge < -0.3 is 5.32 Å². The molecule has 32 heavy (non-hydrogen) atoms. The molecule has 0 unspecified atom stereocenters. The predicted octanol–water partition coefficient (Wildman–Crippen LogP) is 5.63. The number of hydrogen-bond acceptors (Lipinski definition) is 5. The highest BCUT2D eigenvalue weighted by atomic mass is 15.3. The molecule has 5 aromatic rings. The second-order valence-corrected chi connectivity index (χ2v) is 7.74. The average molecular weight is 421 g/mol. The van der Waals surface area contributed by atoms with E-state index in [0.29, 0.717) is 6.54 Å². The van der Waals surface area contributed by atoms with Crippen LogP contribution in [0.5, 0.6) is 0 Å². The largest absolute Gasteiger partial charge is 0.340 e. The number of anilines is 2. The molecule has 0 aliphatic rings. The Morgan fingerprint density at radius 1 is 0.875 bits per heavy atom. The van der Waals surface area contributed by atoms with Gasteiger partial charge in [0.25, 0.3) is 0 Å². The SMILES string of the molecule is CCCc1ccc(Cn2nc(-c3cc(Nc4ccncn4)ccn3)c3ccccc32)cc1. The molecule has 0 atom stereocenters. The normalized spacial score (nSPS) is 11.0. The lowest BCUT2D eigenvalue weighted by atomic mass is 10.1. The van der Waals surface area contributed by atoms with E-state index in [4.69, 9.17) is 5.10 Å². The van der Waals surface area contributed by atoms with Crippen molar-refractivity contribution in [2.75, 3.05) is 5.32 Å². The highest BCUT2D eigenvalue weighted by Gasteiger charge is 2.14. The summed E-state index contributed by atoms with van der Waals surface area (Å²) in [5.41, 5.74) is 6.29. The smallest absolute Gasteiger partial charge is 0.133 e. The van der Waals surface area contributed by atoms with Crippen LogP contribution < -0.4 is 5.32 Å². The molecule has 0 aliphatic carbocycles. The van der Waals surface area contributed by atoms with Crippen molar-refractivity contribution in [2.24, 2.45) is 0 Å². The van der Waals surface area contributed by atoms with E-state index in [1.807, 2.05) is 24.3 Å². The number of pyridine rings is 1. The Hall–Kier alpha value is -4.06. The molecule has 6 heteroatoms. The fourth-order valence-electron chi connectivity index (χ4n) is 3.86. The Morgan fingerprint density at radius 3 is 2.53 bits per heavy atom. The number of nitrogens with zero attached hydrogens (tertiary/aromatic N) is 5. The first-order chi connectivity index (χ1) is 15.8. The van der Waals surface area contributed by atoms with Gasteiger partial charge in [-0.05, 0) is 41.8 Å². The number of fused-ring (bicyclic) bond motifs is 1. The van der Waals surface area contributed by atoms with E-state index in [1.165, 1.54) is 17.5 Å². The van der Waals surface area contributed by atoms with Gasteiger partial charge >= 0.3 is 0 Å². The maximum absolute atomic E-state index is 4.96. The minimum atomic E-state index is 0.714. The second-order valence-electron chi connectivity index (χ2n) is 7.74. The molecule has 158 valence electrons. The van der Waals surface area contributed by atoms with Crippen molar-refractivity contribution >= 4 is 22.4 Å². The van der Waals surface area contributed by atoms with Crippen LogP contribution >= 0.6 is 0 Å². The average Bonchev–Trinajstić information content (AvgIpc) is 3.20. The Balaban J connectivity index is 1.48. The maximum atomic E-state index is 4.96. The van der Waals surface area contributed by atoms with Crippen LogP contribution in [0.15, 0.2) is 85.5 Å². The summed E-state index contributed by atoms with van der Waals surface area (Å²) in [4.78, 5) is 12.8. The van der Waals surface area contributed by atoms with Crippen LogP contribution in [-0.4, -0.2) is 24.7 Å². The van der Waals surface area contributed by atoms with Crippen molar-refractivity contribution < 1.29 is 0 Å². The summed E-state index contributed by atoms with van der Waals surface area (Å²) in [6.07, 6.45) is 7.29. The Bertz CT molecular complexity index is 1330. The van der Waals surface area contributed by atoms with Crippen molar-refractivity contribution in [1.29, 1.82) is 0 Å². The first-order valence-corrected chi connectivity index (χ1v) is 10.8. The topological polar surface area (TPSA) is 68.5 Å². The van der Waals surface area contributed by atoms with Gasteiger partial charge in [0, 0.05) is 23.5 Å². The molecule has 0 spiro atoms. The predicted molar refractivity (Wildman–Crippen MR) is 128 cm³/mol. The third-order valence-corrected chi connectivity index (χ3v) is 5.41. The molecule has 0 fully saturated rings. The van der Waals surface area contributed by atoms with E-state index in [1.54, 1.807) is 12.4 Å². The molecular weight excluding hydrogens is 396 g/mol. The van der Waals surface area contributed by atoms with Crippen molar-refractivity contribution in [3.8, 4) is 11.4 Å². The highest BCUT2D eigenvalue weighted by molar-refractivity contribution is 5.92. The van der Waals surface area contributed by atoms with Crippen LogP contribution in [0.25, 0.3) is 22.3 Å². The number of aryl methyl sites for hydroxylation is 1. The van der Waals surface area contributed by atoms with E-state index in [-0.39, 0.29) is 0 Å². The minimum Gasteiger partial charge on any atom is -0.340 e. The summed E-state index contributed by atoms with van der Waals surface area (Å²) in [5.74, 6) is 0.735. The van der Waals surface area contributed by atoms with Gasteiger partial charge in [-0.25, -0.2) is 9.97 Å². The number of aromatic nitrogens is 5. The lowest BCUT2D eigenvalue weighted by Gasteiger charge is -2.06. The van der Waals surface area contributed by atoms with E-state index in [2.05, 4.69) is 74.3 Å². The summed E-state index contributed by atoms with van der Waals surface area (Å²) in [5, 5.41) is 9.35. The minimum absolute atomic E-state index is 0.714. The lowest BCUT2D eigenvalue weighted by molar-refractivity contribution is 0.714. The van der Waals surface area contributed by atoms with Gasteiger partial charge in [0.2, 0.25) is 0 Å². The van der Waals surface area contributed by atoms with Crippen LogP contribution in [0.4, 0.5) is 11.5 Å². The molecule has 0 radical (unpaired) electrons. The third-order valence-electron chi connectivity index (χ3n) is 5.41. The number of para-hydroxylation sites is 1. The molecule has 6 nitrogen and oxygen atoms in total. The summed E-state index contributed by atoms with van der Waals surface area (Å²) >= 11 is 0. The summed E-state index contributed by atoms with van der Waals surface area (Å²) in [6.45, 7) is 2.92. The number of rotatable bonds is 7. The number of hydrogen-bond donors (Lipinski definition) is 1. The van der Waals surface area contributed by atoms with Crippen LogP contribution in [0.3, 0.4) is 0 Å². The molecule has 0 amide bonds. The first-order valence-electron chi connectivity index (χ1n) is 10.8. The Kier molecular flexibility index (Phi) is 5.58. The zero-order valence-corrected chi connectivity index (χ0v) is 17.9. The van der Waals surface area contributed by atoms with Gasteiger partial charge in [-0.15, -0.1) is 0 Å². The molecule has 3 aromatic heterocycles. The lowest BCUT2D eigenvalue weighted by Crippen LogP contribution is -2.02. The summed E-state index contributed by atoms with van der Waals surface area (Å²) in [7, 11) is 0. The Labute approximate surface area is 187 Å². The maximum Gasteiger partial charge on any atom is 0.133 e. The molecule has 0 aliphatic heterocycles. The van der Waals surface area contributed by atoms with Crippen molar-refractivity contribution in [1.82, 2.24) is 24.7 Å². The molecule has 0 bridgehead atoms. The van der Waals surface area contributed by atoms with Gasteiger partial charge in [0.05, 0.1) is 17.8 Å². The molecule has 5 rings (SSSR count). The van der Waals surface area contributed by atoms with Crippen LogP contribution in [0.2, 0.25) is 0 Å². The van der Waals surface area contributed by atoms with Gasteiger partial charge in [-0.2, -0.15) is 5.10 Å². The quantitative estimate of drug-likeness (QED) is 0.369. The molecular formula is C26H24N6. The molecule has 2 aromatic carbocycles. The molecule has 1 N–H and O–H groups in total. The molecule has 3 heterocycles. The van der Waals surface area contributed by atoms with E-state index < -0.39 is 0 Å². The van der Waals surface area contributed by atoms with E-state index >= 15 is 0 Å². The van der Waals surface area contributed by atoms with E-state index in [0.717, 1.165) is 46.6 Å². The molecule has 0 saturated carbocycles. The van der Waals surface area contributed by atoms with Crippen LogP contribution in [0, 0.1) is 0 Å². The summed E-state index contributed by atoms with van der Waals surface area (Å²) < 4.78 is 2.06. The van der Waals surface area contributed by atoms with Crippen molar-refractivity contribution in [3.05, 3.63) is 96.6 Å². The standard InChI is InChI=1S/C26H24N6/c1-2-5-19-8-10-20(11-9-19)17-32-24-7-4-3-6-22(24)26(31-32)23-16-21(12-15-28-23)30-25-13-14-27-18-29-25/h3-4,6-16,18H,2,5,17H2,1H3,(H,27,28,29,30). The number of nitrogens with one attached hydrogen (secondary N) is 1. The van der Waals surface area contributed by atoms with Gasteiger partial charge in [-0.1, -0.05) is 55.8 Å². The monoisotopic (exact) mass is 420 g/mol. The summed E-state index contributed by atoms with van der Waals surface area (Å²) in [6, 6.07) is 22.9. The van der Waals surface area contributed by atoms with Gasteiger partial charge in [0.15, 0.2) is 0 Å². The second kappa shape index (κ2) is 8.98. The van der Waals surface area contributed by atoms with E-state index in [9.17, 15) is 0 Å². The first kappa shape index (κ1) is 19.9.